The minimum Gasteiger partial charge on any atom is -0.322 e. The van der Waals surface area contributed by atoms with Gasteiger partial charge in [0, 0.05) is 6.54 Å². The molecule has 0 aliphatic carbocycles. The van der Waals surface area contributed by atoms with Crippen LogP contribution < -0.4 is 0 Å². The lowest BCUT2D eigenvalue weighted by Gasteiger charge is -2.05. The summed E-state index contributed by atoms with van der Waals surface area (Å²) in [6.07, 6.45) is 1.70. The number of hydrogen-bond acceptors (Lipinski definition) is 3. The van der Waals surface area contributed by atoms with Crippen molar-refractivity contribution in [2.45, 2.75) is 13.5 Å². The van der Waals surface area contributed by atoms with Gasteiger partial charge < -0.3 is 4.57 Å². The lowest BCUT2D eigenvalue weighted by Crippen LogP contribution is -1.99. The minimum absolute atomic E-state index is 0.109. The van der Waals surface area contributed by atoms with Crippen molar-refractivity contribution in [3.63, 3.8) is 0 Å². The molecule has 2 heterocycles. The summed E-state index contributed by atoms with van der Waals surface area (Å²) in [5.74, 6) is 0. The monoisotopic (exact) mass is 292 g/mol. The second kappa shape index (κ2) is 4.79. The van der Waals surface area contributed by atoms with Gasteiger partial charge >= 0.3 is 0 Å². The first-order valence-corrected chi connectivity index (χ1v) is 6.48. The minimum atomic E-state index is 0.109. The van der Waals surface area contributed by atoms with Crippen LogP contribution in [0.4, 0.5) is 0 Å². The molecule has 3 aromatic rings. The third-order valence-electron chi connectivity index (χ3n) is 2.88. The van der Waals surface area contributed by atoms with Crippen molar-refractivity contribution in [1.29, 1.82) is 0 Å². The average Bonchev–Trinajstić information content (AvgIpc) is 2.75. The molecule has 0 saturated carbocycles. The van der Waals surface area contributed by atoms with Gasteiger partial charge in [0.25, 0.3) is 0 Å². The fourth-order valence-electron chi connectivity index (χ4n) is 1.92. The van der Waals surface area contributed by atoms with Crippen LogP contribution in [0, 0.1) is 6.92 Å². The van der Waals surface area contributed by atoms with Crippen LogP contribution in [0.1, 0.15) is 11.1 Å². The Kier molecular flexibility index (Phi) is 3.12. The number of rotatable bonds is 2. The SMILES string of the molecule is Cc1ccc(Cn2cnc3nc(Cl)nc(Cl)c32)cc1. The number of aryl methyl sites for hydroxylation is 1. The van der Waals surface area contributed by atoms with Crippen LogP contribution in [-0.2, 0) is 6.54 Å². The summed E-state index contributed by atoms with van der Waals surface area (Å²) in [5, 5.41) is 0.428. The second-order valence-corrected chi connectivity index (χ2v) is 5.01. The van der Waals surface area contributed by atoms with Crippen molar-refractivity contribution < 1.29 is 0 Å². The molecular formula is C13H10Cl2N4. The van der Waals surface area contributed by atoms with Gasteiger partial charge in [-0.1, -0.05) is 41.4 Å². The van der Waals surface area contributed by atoms with Crippen LogP contribution >= 0.6 is 23.2 Å². The van der Waals surface area contributed by atoms with Crippen LogP contribution in [0.2, 0.25) is 10.4 Å². The van der Waals surface area contributed by atoms with Crippen molar-refractivity contribution in [3.8, 4) is 0 Å². The lowest BCUT2D eigenvalue weighted by molar-refractivity contribution is 0.822. The number of benzene rings is 1. The number of halogens is 2. The molecule has 96 valence electrons. The Morgan fingerprint density at radius 1 is 1.11 bits per heavy atom. The first kappa shape index (κ1) is 12.4. The molecular weight excluding hydrogens is 283 g/mol. The van der Waals surface area contributed by atoms with Gasteiger partial charge in [-0.2, -0.15) is 4.98 Å². The van der Waals surface area contributed by atoms with E-state index in [0.717, 1.165) is 5.56 Å². The van der Waals surface area contributed by atoms with Crippen molar-refractivity contribution in [3.05, 3.63) is 52.2 Å². The zero-order valence-corrected chi connectivity index (χ0v) is 11.7. The Hall–Kier alpha value is -1.65. The molecule has 0 amide bonds. The quantitative estimate of drug-likeness (QED) is 0.536. The fourth-order valence-corrected chi connectivity index (χ4v) is 2.40. The highest BCUT2D eigenvalue weighted by Crippen LogP contribution is 2.22. The summed E-state index contributed by atoms with van der Waals surface area (Å²) < 4.78 is 1.92. The van der Waals surface area contributed by atoms with E-state index >= 15 is 0 Å². The highest BCUT2D eigenvalue weighted by Gasteiger charge is 2.11. The van der Waals surface area contributed by atoms with Gasteiger partial charge in [-0.05, 0) is 24.1 Å². The van der Waals surface area contributed by atoms with E-state index in [1.807, 2.05) is 4.57 Å². The molecule has 0 N–H and O–H groups in total. The van der Waals surface area contributed by atoms with Gasteiger partial charge in [-0.25, -0.2) is 9.97 Å². The van der Waals surface area contributed by atoms with Gasteiger partial charge in [0.05, 0.1) is 6.33 Å². The molecule has 0 aliphatic heterocycles. The molecule has 0 unspecified atom stereocenters. The third-order valence-corrected chi connectivity index (χ3v) is 3.31. The number of fused-ring (bicyclic) bond motifs is 1. The van der Waals surface area contributed by atoms with Gasteiger partial charge in [-0.15, -0.1) is 0 Å². The first-order valence-electron chi connectivity index (χ1n) is 5.73. The largest absolute Gasteiger partial charge is 0.322 e. The summed E-state index contributed by atoms with van der Waals surface area (Å²) in [6, 6.07) is 8.30. The van der Waals surface area contributed by atoms with E-state index < -0.39 is 0 Å². The van der Waals surface area contributed by atoms with Crippen LogP contribution in [0.5, 0.6) is 0 Å². The molecule has 4 nitrogen and oxygen atoms in total. The number of hydrogen-bond donors (Lipinski definition) is 0. The van der Waals surface area contributed by atoms with E-state index in [2.05, 4.69) is 46.1 Å². The van der Waals surface area contributed by atoms with Gasteiger partial charge in [0.1, 0.15) is 5.52 Å². The fraction of sp³-hybridized carbons (Fsp3) is 0.154. The van der Waals surface area contributed by atoms with E-state index in [9.17, 15) is 0 Å². The van der Waals surface area contributed by atoms with Crippen LogP contribution in [0.15, 0.2) is 30.6 Å². The summed E-state index contributed by atoms with van der Waals surface area (Å²) >= 11 is 11.9. The molecule has 2 aromatic heterocycles. The van der Waals surface area contributed by atoms with Crippen molar-refractivity contribution >= 4 is 34.4 Å². The molecule has 0 spiro atoms. The summed E-state index contributed by atoms with van der Waals surface area (Å²) in [6.45, 7) is 2.73. The smallest absolute Gasteiger partial charge is 0.225 e. The molecule has 1 aromatic carbocycles. The average molecular weight is 293 g/mol. The first-order chi connectivity index (χ1) is 9.13. The maximum absolute atomic E-state index is 6.10. The van der Waals surface area contributed by atoms with E-state index in [1.165, 1.54) is 5.56 Å². The highest BCUT2D eigenvalue weighted by molar-refractivity contribution is 6.35. The van der Waals surface area contributed by atoms with Gasteiger partial charge in [0.15, 0.2) is 10.8 Å². The summed E-state index contributed by atoms with van der Waals surface area (Å²) in [7, 11) is 0. The standard InChI is InChI=1S/C13H10Cl2N4/c1-8-2-4-9(5-3-8)6-19-7-16-12-10(19)11(14)17-13(15)18-12/h2-5,7H,6H2,1H3. The Balaban J connectivity index is 2.04. The predicted octanol–water partition coefficient (Wildman–Crippen LogP) is 3.49. The van der Waals surface area contributed by atoms with Crippen LogP contribution in [0.25, 0.3) is 11.2 Å². The Labute approximate surface area is 120 Å². The van der Waals surface area contributed by atoms with E-state index in [4.69, 9.17) is 23.2 Å². The summed E-state index contributed by atoms with van der Waals surface area (Å²) in [5.41, 5.74) is 3.60. The Morgan fingerprint density at radius 3 is 2.58 bits per heavy atom. The maximum Gasteiger partial charge on any atom is 0.225 e. The number of nitrogens with zero attached hydrogens (tertiary/aromatic N) is 4. The van der Waals surface area contributed by atoms with Crippen LogP contribution in [0.3, 0.4) is 0 Å². The molecule has 19 heavy (non-hydrogen) atoms. The Bertz CT molecular complexity index is 734. The normalized spacial score (nSPS) is 11.1. The lowest BCUT2D eigenvalue weighted by atomic mass is 10.1. The zero-order chi connectivity index (χ0) is 13.4. The van der Waals surface area contributed by atoms with E-state index in [1.54, 1.807) is 6.33 Å². The second-order valence-electron chi connectivity index (χ2n) is 4.31. The maximum atomic E-state index is 6.10. The van der Waals surface area contributed by atoms with Gasteiger partial charge in [-0.3, -0.25) is 0 Å². The molecule has 0 atom stereocenters. The molecule has 3 rings (SSSR count). The van der Waals surface area contributed by atoms with E-state index in [-0.39, 0.29) is 5.28 Å². The zero-order valence-electron chi connectivity index (χ0n) is 10.1. The third kappa shape index (κ3) is 2.41. The molecule has 0 fully saturated rings. The summed E-state index contributed by atoms with van der Waals surface area (Å²) in [4.78, 5) is 12.2. The Morgan fingerprint density at radius 2 is 1.84 bits per heavy atom. The number of aromatic nitrogens is 4. The van der Waals surface area contributed by atoms with Crippen LogP contribution in [-0.4, -0.2) is 19.5 Å². The van der Waals surface area contributed by atoms with E-state index in [0.29, 0.717) is 22.9 Å². The molecule has 0 saturated heterocycles. The molecule has 0 aliphatic rings. The van der Waals surface area contributed by atoms with Crippen molar-refractivity contribution in [2.24, 2.45) is 0 Å². The number of imidazole rings is 1. The highest BCUT2D eigenvalue weighted by atomic mass is 35.5. The van der Waals surface area contributed by atoms with Gasteiger partial charge in [0.2, 0.25) is 5.28 Å². The topological polar surface area (TPSA) is 43.6 Å². The molecule has 6 heteroatoms. The van der Waals surface area contributed by atoms with Crippen molar-refractivity contribution in [2.75, 3.05) is 0 Å². The molecule has 0 bridgehead atoms. The molecule has 0 radical (unpaired) electrons. The van der Waals surface area contributed by atoms with Crippen molar-refractivity contribution in [1.82, 2.24) is 19.5 Å². The predicted molar refractivity (Wildman–Crippen MR) is 75.6 cm³/mol.